The van der Waals surface area contributed by atoms with Crippen LogP contribution < -0.4 is 0 Å². The Labute approximate surface area is 102 Å². The van der Waals surface area contributed by atoms with Gasteiger partial charge in [0.05, 0.1) is 0 Å². The van der Waals surface area contributed by atoms with Gasteiger partial charge in [0, 0.05) is 24.4 Å². The molecule has 0 spiro atoms. The smallest absolute Gasteiger partial charge is 0.167 e. The maximum Gasteiger partial charge on any atom is 0.167 e. The monoisotopic (exact) mass is 227 g/mol. The van der Waals surface area contributed by atoms with Gasteiger partial charge in [-0.2, -0.15) is 0 Å². The predicted molar refractivity (Wildman–Crippen MR) is 70.1 cm³/mol. The fraction of sp³-hybridized carbons (Fsp3) is 0.200. The molecule has 0 N–H and O–H groups in total. The van der Waals surface area contributed by atoms with Crippen molar-refractivity contribution in [3.05, 3.63) is 66.0 Å². The Hall–Kier alpha value is -1.96. The summed E-state index contributed by atoms with van der Waals surface area (Å²) < 4.78 is 0. The molecule has 0 unspecified atom stereocenters. The minimum Gasteiger partial charge on any atom is -0.294 e. The van der Waals surface area contributed by atoms with E-state index in [9.17, 15) is 4.79 Å². The maximum absolute atomic E-state index is 11.8. The quantitative estimate of drug-likeness (QED) is 0.751. The molecule has 0 fully saturated rings. The highest BCUT2D eigenvalue weighted by molar-refractivity contribution is 5.97. The fourth-order valence-electron chi connectivity index (χ4n) is 1.41. The maximum atomic E-state index is 11.8. The average Bonchev–Trinajstić information content (AvgIpc) is 2.43. The lowest BCUT2D eigenvalue weighted by atomic mass is 10.0. The zero-order chi connectivity index (χ0) is 12.5. The molecule has 0 aliphatic carbocycles. The Bertz CT molecular complexity index is 437. The van der Waals surface area contributed by atoms with Crippen molar-refractivity contribution in [2.45, 2.75) is 20.3 Å². The van der Waals surface area contributed by atoms with E-state index < -0.39 is 0 Å². The largest absolute Gasteiger partial charge is 0.294 e. The fourth-order valence-corrected chi connectivity index (χ4v) is 1.41. The molecule has 88 valence electrons. The highest BCUT2D eigenvalue weighted by Gasteiger charge is 2.05. The molecule has 1 aromatic carbocycles. The van der Waals surface area contributed by atoms with Gasteiger partial charge in [0.2, 0.25) is 0 Å². The van der Waals surface area contributed by atoms with Crippen molar-refractivity contribution >= 4 is 5.78 Å². The first kappa shape index (κ1) is 13.1. The number of nitrogens with zero attached hydrogens (tertiary/aromatic N) is 1. The van der Waals surface area contributed by atoms with E-state index in [2.05, 4.69) is 4.98 Å². The molecule has 0 amide bonds. The van der Waals surface area contributed by atoms with Gasteiger partial charge in [-0.1, -0.05) is 44.2 Å². The summed E-state index contributed by atoms with van der Waals surface area (Å²) in [5.41, 5.74) is 1.76. The SMILES string of the molecule is CC.O=C(Cc1ccncc1)c1ccccc1. The molecule has 2 nitrogen and oxygen atoms in total. The summed E-state index contributed by atoms with van der Waals surface area (Å²) in [6, 6.07) is 13.1. The van der Waals surface area contributed by atoms with Crippen LogP contribution in [0.25, 0.3) is 0 Å². The van der Waals surface area contributed by atoms with Crippen LogP contribution in [0.4, 0.5) is 0 Å². The van der Waals surface area contributed by atoms with Crippen LogP contribution in [0.15, 0.2) is 54.9 Å². The van der Waals surface area contributed by atoms with E-state index in [-0.39, 0.29) is 5.78 Å². The van der Waals surface area contributed by atoms with E-state index in [0.717, 1.165) is 11.1 Å². The Morgan fingerprint density at radius 3 is 2.18 bits per heavy atom. The van der Waals surface area contributed by atoms with E-state index >= 15 is 0 Å². The third-order valence-corrected chi connectivity index (χ3v) is 2.21. The molecule has 1 heterocycles. The zero-order valence-corrected chi connectivity index (χ0v) is 10.3. The summed E-state index contributed by atoms with van der Waals surface area (Å²) in [6.45, 7) is 4.00. The lowest BCUT2D eigenvalue weighted by Gasteiger charge is -2.00. The van der Waals surface area contributed by atoms with Crippen molar-refractivity contribution in [1.29, 1.82) is 0 Å². The van der Waals surface area contributed by atoms with Gasteiger partial charge in [-0.15, -0.1) is 0 Å². The number of Topliss-reactive ketones (excluding diaryl/α,β-unsaturated/α-hetero) is 1. The molecule has 0 atom stereocenters. The molecular formula is C15H17NO. The molecule has 2 rings (SSSR count). The van der Waals surface area contributed by atoms with E-state index in [1.807, 2.05) is 56.3 Å². The number of ketones is 1. The second-order valence-electron chi connectivity index (χ2n) is 3.32. The van der Waals surface area contributed by atoms with Crippen LogP contribution in [0, 0.1) is 0 Å². The number of benzene rings is 1. The molecule has 2 heteroatoms. The molecule has 1 aromatic heterocycles. The summed E-state index contributed by atoms with van der Waals surface area (Å²) >= 11 is 0. The summed E-state index contributed by atoms with van der Waals surface area (Å²) in [7, 11) is 0. The van der Waals surface area contributed by atoms with Gasteiger partial charge < -0.3 is 0 Å². The molecule has 0 bridgehead atoms. The summed E-state index contributed by atoms with van der Waals surface area (Å²) in [6.07, 6.45) is 3.84. The molecule has 0 saturated carbocycles. The van der Waals surface area contributed by atoms with Crippen LogP contribution in [0.3, 0.4) is 0 Å². The number of aromatic nitrogens is 1. The minimum atomic E-state index is 0.141. The Morgan fingerprint density at radius 1 is 1.00 bits per heavy atom. The molecule has 0 radical (unpaired) electrons. The van der Waals surface area contributed by atoms with Crippen molar-refractivity contribution < 1.29 is 4.79 Å². The molecule has 0 saturated heterocycles. The first-order valence-corrected chi connectivity index (χ1v) is 5.83. The summed E-state index contributed by atoms with van der Waals surface area (Å²) in [5.74, 6) is 0.141. The van der Waals surface area contributed by atoms with Crippen molar-refractivity contribution in [3.63, 3.8) is 0 Å². The number of carbonyl (C=O) groups excluding carboxylic acids is 1. The zero-order valence-electron chi connectivity index (χ0n) is 10.3. The standard InChI is InChI=1S/C13H11NO.C2H6/c15-13(12-4-2-1-3-5-12)10-11-6-8-14-9-7-11;1-2/h1-9H,10H2;1-2H3. The van der Waals surface area contributed by atoms with Crippen LogP contribution >= 0.6 is 0 Å². The number of hydrogen-bond acceptors (Lipinski definition) is 2. The third kappa shape index (κ3) is 4.19. The average molecular weight is 227 g/mol. The van der Waals surface area contributed by atoms with E-state index in [1.165, 1.54) is 0 Å². The van der Waals surface area contributed by atoms with Gasteiger partial charge in [-0.3, -0.25) is 9.78 Å². The number of hydrogen-bond donors (Lipinski definition) is 0. The molecule has 0 aliphatic heterocycles. The lowest BCUT2D eigenvalue weighted by Crippen LogP contribution is -2.02. The van der Waals surface area contributed by atoms with Crippen LogP contribution in [0.5, 0.6) is 0 Å². The topological polar surface area (TPSA) is 30.0 Å². The normalized spacial score (nSPS) is 9.06. The van der Waals surface area contributed by atoms with Crippen molar-refractivity contribution in [2.24, 2.45) is 0 Å². The Balaban J connectivity index is 0.000000686. The van der Waals surface area contributed by atoms with Crippen molar-refractivity contribution in [2.75, 3.05) is 0 Å². The van der Waals surface area contributed by atoms with Gasteiger partial charge >= 0.3 is 0 Å². The molecule has 17 heavy (non-hydrogen) atoms. The Kier molecular flexibility index (Phi) is 5.66. The van der Waals surface area contributed by atoms with Gasteiger partial charge in [0.25, 0.3) is 0 Å². The minimum absolute atomic E-state index is 0.141. The Morgan fingerprint density at radius 2 is 1.59 bits per heavy atom. The van der Waals surface area contributed by atoms with Crippen LogP contribution in [-0.2, 0) is 6.42 Å². The van der Waals surface area contributed by atoms with E-state index in [0.29, 0.717) is 6.42 Å². The predicted octanol–water partition coefficient (Wildman–Crippen LogP) is 3.53. The van der Waals surface area contributed by atoms with Crippen LogP contribution in [-0.4, -0.2) is 10.8 Å². The molecule has 2 aromatic rings. The first-order valence-electron chi connectivity index (χ1n) is 5.83. The molecular weight excluding hydrogens is 210 g/mol. The van der Waals surface area contributed by atoms with Crippen LogP contribution in [0.1, 0.15) is 29.8 Å². The van der Waals surface area contributed by atoms with Crippen LogP contribution in [0.2, 0.25) is 0 Å². The van der Waals surface area contributed by atoms with E-state index in [4.69, 9.17) is 0 Å². The van der Waals surface area contributed by atoms with Crippen molar-refractivity contribution in [3.8, 4) is 0 Å². The van der Waals surface area contributed by atoms with Gasteiger partial charge in [0.1, 0.15) is 0 Å². The highest BCUT2D eigenvalue weighted by Crippen LogP contribution is 2.06. The van der Waals surface area contributed by atoms with Gasteiger partial charge in [-0.05, 0) is 17.7 Å². The lowest BCUT2D eigenvalue weighted by molar-refractivity contribution is 0.0993. The van der Waals surface area contributed by atoms with Crippen molar-refractivity contribution in [1.82, 2.24) is 4.98 Å². The van der Waals surface area contributed by atoms with Gasteiger partial charge in [0.15, 0.2) is 5.78 Å². The third-order valence-electron chi connectivity index (χ3n) is 2.21. The molecule has 0 aliphatic rings. The van der Waals surface area contributed by atoms with Gasteiger partial charge in [-0.25, -0.2) is 0 Å². The second kappa shape index (κ2) is 7.34. The number of rotatable bonds is 3. The summed E-state index contributed by atoms with van der Waals surface area (Å²) in [5, 5.41) is 0. The summed E-state index contributed by atoms with van der Waals surface area (Å²) in [4.78, 5) is 15.7. The number of carbonyl (C=O) groups is 1. The second-order valence-corrected chi connectivity index (χ2v) is 3.32. The van der Waals surface area contributed by atoms with E-state index in [1.54, 1.807) is 12.4 Å². The highest BCUT2D eigenvalue weighted by atomic mass is 16.1. The number of pyridine rings is 1. The first-order chi connectivity index (χ1) is 8.36.